The Kier molecular flexibility index (Phi) is 4.54. The highest BCUT2D eigenvalue weighted by Crippen LogP contribution is 2.28. The number of anilines is 1. The molecule has 0 saturated carbocycles. The molecule has 1 aromatic carbocycles. The third kappa shape index (κ3) is 3.04. The van der Waals surface area contributed by atoms with Crippen molar-refractivity contribution in [2.45, 2.75) is 26.8 Å². The Morgan fingerprint density at radius 1 is 1.12 bits per heavy atom. The van der Waals surface area contributed by atoms with Gasteiger partial charge in [0.1, 0.15) is 10.7 Å². The summed E-state index contributed by atoms with van der Waals surface area (Å²) in [5, 5.41) is 0.748. The molecule has 1 fully saturated rings. The Morgan fingerprint density at radius 3 is 2.50 bits per heavy atom. The fourth-order valence-corrected chi connectivity index (χ4v) is 4.69. The molecule has 5 nitrogen and oxygen atoms in total. The monoisotopic (exact) mass is 368 g/mol. The van der Waals surface area contributed by atoms with Crippen molar-refractivity contribution in [3.63, 3.8) is 0 Å². The van der Waals surface area contributed by atoms with E-state index in [4.69, 9.17) is 4.98 Å². The number of aromatic nitrogens is 2. The third-order valence-corrected chi connectivity index (χ3v) is 6.54. The lowest BCUT2D eigenvalue weighted by atomic mass is 10.2. The highest BCUT2D eigenvalue weighted by molar-refractivity contribution is 7.18. The van der Waals surface area contributed by atoms with Gasteiger partial charge in [0.05, 0.1) is 11.4 Å². The van der Waals surface area contributed by atoms with Crippen LogP contribution in [0, 0.1) is 13.8 Å². The molecule has 0 spiro atoms. The largest absolute Gasteiger partial charge is 0.369 e. The van der Waals surface area contributed by atoms with Gasteiger partial charge in [0.2, 0.25) is 0 Å². The Morgan fingerprint density at radius 2 is 1.81 bits per heavy atom. The predicted molar refractivity (Wildman–Crippen MR) is 108 cm³/mol. The van der Waals surface area contributed by atoms with Crippen molar-refractivity contribution in [3.05, 3.63) is 57.0 Å². The zero-order valence-corrected chi connectivity index (χ0v) is 16.3. The van der Waals surface area contributed by atoms with Gasteiger partial charge in [-0.25, -0.2) is 4.98 Å². The van der Waals surface area contributed by atoms with Gasteiger partial charge in [-0.3, -0.25) is 9.69 Å². The summed E-state index contributed by atoms with van der Waals surface area (Å²) in [5.74, 6) is 0.775. The third-order valence-electron chi connectivity index (χ3n) is 5.44. The molecule has 1 aliphatic heterocycles. The number of rotatable bonds is 3. The number of para-hydroxylation sites is 1. The van der Waals surface area contributed by atoms with Crippen LogP contribution in [0.2, 0.25) is 0 Å². The van der Waals surface area contributed by atoms with Crippen molar-refractivity contribution >= 4 is 27.2 Å². The smallest absolute Gasteiger partial charge is 0.259 e. The number of nitrogens with zero attached hydrogens (tertiary/aromatic N) is 3. The van der Waals surface area contributed by atoms with Crippen molar-refractivity contribution in [2.24, 2.45) is 0 Å². The normalized spacial score (nSPS) is 17.0. The molecular weight excluding hydrogens is 344 g/mol. The van der Waals surface area contributed by atoms with E-state index in [0.29, 0.717) is 0 Å². The van der Waals surface area contributed by atoms with Crippen LogP contribution in [-0.4, -0.2) is 41.0 Å². The zero-order valence-electron chi connectivity index (χ0n) is 15.5. The van der Waals surface area contributed by atoms with Crippen LogP contribution in [0.4, 0.5) is 5.69 Å². The molecule has 0 amide bonds. The Balaban J connectivity index is 1.53. The van der Waals surface area contributed by atoms with Crippen molar-refractivity contribution in [3.8, 4) is 0 Å². The number of nitrogens with one attached hydrogen (secondary N) is 1. The molecule has 1 N–H and O–H groups in total. The van der Waals surface area contributed by atoms with Crippen molar-refractivity contribution in [2.75, 3.05) is 31.1 Å². The van der Waals surface area contributed by atoms with Gasteiger partial charge >= 0.3 is 0 Å². The molecule has 6 heteroatoms. The van der Waals surface area contributed by atoms with Crippen LogP contribution in [0.3, 0.4) is 0 Å². The molecule has 1 atom stereocenters. The first-order valence-electron chi connectivity index (χ1n) is 9.08. The fraction of sp³-hybridized carbons (Fsp3) is 0.400. The van der Waals surface area contributed by atoms with Crippen LogP contribution < -0.4 is 10.5 Å². The Bertz CT molecular complexity index is 971. The SMILES string of the molecule is Cc1sc2nc(C(C)N3CCN(c4ccccc4)CC3)[nH]c(=O)c2c1C. The minimum absolute atomic E-state index is 0.0124. The van der Waals surface area contributed by atoms with Crippen LogP contribution in [0.1, 0.15) is 29.2 Å². The summed E-state index contributed by atoms with van der Waals surface area (Å²) in [6.07, 6.45) is 0. The van der Waals surface area contributed by atoms with E-state index < -0.39 is 0 Å². The Labute approximate surface area is 157 Å². The van der Waals surface area contributed by atoms with Crippen LogP contribution in [-0.2, 0) is 0 Å². The van der Waals surface area contributed by atoms with Gasteiger partial charge in [-0.1, -0.05) is 18.2 Å². The summed E-state index contributed by atoms with van der Waals surface area (Å²) in [7, 11) is 0. The van der Waals surface area contributed by atoms with Crippen LogP contribution >= 0.6 is 11.3 Å². The Hall–Kier alpha value is -2.18. The van der Waals surface area contributed by atoms with Crippen LogP contribution in [0.15, 0.2) is 35.1 Å². The number of H-pyrrole nitrogens is 1. The summed E-state index contributed by atoms with van der Waals surface area (Å²) in [6, 6.07) is 10.6. The molecule has 1 unspecified atom stereocenters. The maximum absolute atomic E-state index is 12.5. The van der Waals surface area contributed by atoms with Gasteiger partial charge < -0.3 is 9.88 Å². The number of aryl methyl sites for hydroxylation is 2. The van der Waals surface area contributed by atoms with Gasteiger partial charge in [0.25, 0.3) is 5.56 Å². The average Bonchev–Trinajstić information content (AvgIpc) is 2.96. The summed E-state index contributed by atoms with van der Waals surface area (Å²) < 4.78 is 0. The first-order valence-corrected chi connectivity index (χ1v) is 9.90. The first kappa shape index (κ1) is 17.2. The maximum Gasteiger partial charge on any atom is 0.259 e. The van der Waals surface area contributed by atoms with Gasteiger partial charge in [0, 0.05) is 36.7 Å². The number of hydrogen-bond donors (Lipinski definition) is 1. The number of piperazine rings is 1. The van der Waals surface area contributed by atoms with E-state index in [0.717, 1.165) is 47.8 Å². The molecule has 1 aliphatic rings. The molecule has 2 aromatic heterocycles. The van der Waals surface area contributed by atoms with Gasteiger partial charge in [-0.05, 0) is 38.5 Å². The fourth-order valence-electron chi connectivity index (χ4n) is 3.65. The van der Waals surface area contributed by atoms with E-state index in [9.17, 15) is 4.79 Å². The van der Waals surface area contributed by atoms with E-state index in [2.05, 4.69) is 46.0 Å². The lowest BCUT2D eigenvalue weighted by molar-refractivity contribution is 0.192. The molecule has 26 heavy (non-hydrogen) atoms. The molecule has 3 aromatic rings. The van der Waals surface area contributed by atoms with Gasteiger partial charge in [0.15, 0.2) is 0 Å². The molecule has 3 heterocycles. The standard InChI is InChI=1S/C20H24N4OS/c1-13-15(3)26-20-17(13)19(25)21-18(22-20)14(2)23-9-11-24(12-10-23)16-7-5-4-6-8-16/h4-8,14H,9-12H2,1-3H3,(H,21,22,25). The molecule has 1 saturated heterocycles. The topological polar surface area (TPSA) is 52.2 Å². The first-order chi connectivity index (χ1) is 12.5. The molecule has 136 valence electrons. The molecule has 0 bridgehead atoms. The van der Waals surface area contributed by atoms with Crippen LogP contribution in [0.5, 0.6) is 0 Å². The zero-order chi connectivity index (χ0) is 18.3. The van der Waals surface area contributed by atoms with Crippen LogP contribution in [0.25, 0.3) is 10.2 Å². The average molecular weight is 369 g/mol. The quantitative estimate of drug-likeness (QED) is 0.769. The second-order valence-corrected chi connectivity index (χ2v) is 8.15. The van der Waals surface area contributed by atoms with E-state index in [1.54, 1.807) is 11.3 Å². The van der Waals surface area contributed by atoms with Crippen molar-refractivity contribution < 1.29 is 0 Å². The minimum atomic E-state index is -0.0124. The van der Waals surface area contributed by atoms with Gasteiger partial charge in [-0.2, -0.15) is 0 Å². The van der Waals surface area contributed by atoms with E-state index >= 15 is 0 Å². The predicted octanol–water partition coefficient (Wildman–Crippen LogP) is 3.48. The maximum atomic E-state index is 12.5. The van der Waals surface area contributed by atoms with Crippen molar-refractivity contribution in [1.29, 1.82) is 0 Å². The van der Waals surface area contributed by atoms with E-state index in [-0.39, 0.29) is 11.6 Å². The minimum Gasteiger partial charge on any atom is -0.369 e. The summed E-state index contributed by atoms with van der Waals surface area (Å²) in [6.45, 7) is 10.1. The number of thiophene rings is 1. The highest BCUT2D eigenvalue weighted by Gasteiger charge is 2.24. The lowest BCUT2D eigenvalue weighted by Crippen LogP contribution is -2.47. The molecule has 4 rings (SSSR count). The second-order valence-electron chi connectivity index (χ2n) is 6.95. The number of benzene rings is 1. The molecule has 0 aliphatic carbocycles. The number of aromatic amines is 1. The van der Waals surface area contributed by atoms with E-state index in [1.165, 1.54) is 10.6 Å². The number of fused-ring (bicyclic) bond motifs is 1. The highest BCUT2D eigenvalue weighted by atomic mass is 32.1. The van der Waals surface area contributed by atoms with Crippen molar-refractivity contribution in [1.82, 2.24) is 14.9 Å². The lowest BCUT2D eigenvalue weighted by Gasteiger charge is -2.38. The summed E-state index contributed by atoms with van der Waals surface area (Å²) in [5.41, 5.74) is 2.31. The second kappa shape index (κ2) is 6.85. The summed E-state index contributed by atoms with van der Waals surface area (Å²) >= 11 is 1.61. The van der Waals surface area contributed by atoms with E-state index in [1.807, 2.05) is 19.9 Å². The van der Waals surface area contributed by atoms with Gasteiger partial charge in [-0.15, -0.1) is 11.3 Å². The summed E-state index contributed by atoms with van der Waals surface area (Å²) in [4.78, 5) is 27.2. The molecule has 0 radical (unpaired) electrons. The number of hydrogen-bond acceptors (Lipinski definition) is 5. The molecular formula is C20H24N4OS.